The van der Waals surface area contributed by atoms with E-state index in [4.69, 9.17) is 5.11 Å². The van der Waals surface area contributed by atoms with E-state index < -0.39 is 6.17 Å². The van der Waals surface area contributed by atoms with Crippen LogP contribution in [0.3, 0.4) is 0 Å². The van der Waals surface area contributed by atoms with Crippen LogP contribution < -0.4 is 0 Å². The molecule has 0 saturated heterocycles. The van der Waals surface area contributed by atoms with Crippen molar-refractivity contribution in [1.82, 2.24) is 0 Å². The average molecular weight is 176 g/mol. The Bertz CT molecular complexity index is 85.9. The topological polar surface area (TPSA) is 20.2 Å². The molecule has 0 heterocycles. The van der Waals surface area contributed by atoms with Crippen molar-refractivity contribution in [2.75, 3.05) is 6.61 Å². The summed E-state index contributed by atoms with van der Waals surface area (Å²) in [5, 5.41) is 8.40. The van der Waals surface area contributed by atoms with E-state index in [2.05, 4.69) is 6.92 Å². The van der Waals surface area contributed by atoms with E-state index in [1.807, 2.05) is 0 Å². The van der Waals surface area contributed by atoms with Crippen molar-refractivity contribution in [2.24, 2.45) is 0 Å². The quantitative estimate of drug-likeness (QED) is 0.563. The van der Waals surface area contributed by atoms with E-state index in [-0.39, 0.29) is 6.61 Å². The molecule has 74 valence electrons. The molecule has 0 aliphatic carbocycles. The summed E-state index contributed by atoms with van der Waals surface area (Å²) >= 11 is 0. The summed E-state index contributed by atoms with van der Waals surface area (Å²) in [5.74, 6) is 0. The first-order valence-electron chi connectivity index (χ1n) is 5.06. The fourth-order valence-electron chi connectivity index (χ4n) is 1.24. The summed E-state index contributed by atoms with van der Waals surface area (Å²) in [4.78, 5) is 0. The van der Waals surface area contributed by atoms with Crippen LogP contribution >= 0.6 is 0 Å². The third-order valence-corrected chi connectivity index (χ3v) is 2.07. The molecule has 0 aliphatic heterocycles. The number of hydrogen-bond donors (Lipinski definition) is 1. The molecular formula is C10H21FO. The highest BCUT2D eigenvalue weighted by Crippen LogP contribution is 2.09. The second kappa shape index (κ2) is 8.98. The van der Waals surface area contributed by atoms with Gasteiger partial charge in [-0.2, -0.15) is 0 Å². The van der Waals surface area contributed by atoms with Gasteiger partial charge < -0.3 is 5.11 Å². The SMILES string of the molecule is CCCCCCCC[C@@H](F)CO. The van der Waals surface area contributed by atoms with Crippen molar-refractivity contribution < 1.29 is 9.50 Å². The van der Waals surface area contributed by atoms with Gasteiger partial charge in [-0.05, 0) is 6.42 Å². The predicted octanol–water partition coefficient (Wildman–Crippen LogP) is 3.07. The second-order valence-electron chi connectivity index (χ2n) is 3.34. The minimum Gasteiger partial charge on any atom is -0.393 e. The lowest BCUT2D eigenvalue weighted by molar-refractivity contribution is 0.167. The zero-order valence-electron chi connectivity index (χ0n) is 8.06. The standard InChI is InChI=1S/C10H21FO/c1-2-3-4-5-6-7-8-10(11)9-12/h10,12H,2-9H2,1H3/t10-/m1/s1. The van der Waals surface area contributed by atoms with Gasteiger partial charge in [0.2, 0.25) is 0 Å². The zero-order chi connectivity index (χ0) is 9.23. The highest BCUT2D eigenvalue weighted by Gasteiger charge is 2.02. The van der Waals surface area contributed by atoms with Gasteiger partial charge in [-0.1, -0.05) is 45.4 Å². The van der Waals surface area contributed by atoms with Gasteiger partial charge in [-0.3, -0.25) is 0 Å². The average Bonchev–Trinajstić information content (AvgIpc) is 2.10. The van der Waals surface area contributed by atoms with E-state index in [0.717, 1.165) is 12.8 Å². The van der Waals surface area contributed by atoms with E-state index in [9.17, 15) is 4.39 Å². The van der Waals surface area contributed by atoms with Crippen LogP contribution in [-0.2, 0) is 0 Å². The molecule has 0 saturated carbocycles. The highest BCUT2D eigenvalue weighted by atomic mass is 19.1. The predicted molar refractivity (Wildman–Crippen MR) is 50.0 cm³/mol. The second-order valence-corrected chi connectivity index (χ2v) is 3.34. The van der Waals surface area contributed by atoms with Gasteiger partial charge in [0.05, 0.1) is 6.61 Å². The molecule has 1 atom stereocenters. The molecule has 0 aromatic carbocycles. The van der Waals surface area contributed by atoms with Crippen molar-refractivity contribution in [3.05, 3.63) is 0 Å². The smallest absolute Gasteiger partial charge is 0.123 e. The molecule has 1 nitrogen and oxygen atoms in total. The van der Waals surface area contributed by atoms with E-state index in [1.54, 1.807) is 0 Å². The van der Waals surface area contributed by atoms with Crippen LogP contribution in [-0.4, -0.2) is 17.9 Å². The lowest BCUT2D eigenvalue weighted by atomic mass is 10.1. The molecule has 0 unspecified atom stereocenters. The maximum atomic E-state index is 12.5. The molecule has 0 aromatic rings. The number of halogens is 1. The third kappa shape index (κ3) is 7.99. The normalized spacial score (nSPS) is 13.2. The Morgan fingerprint density at radius 2 is 1.67 bits per heavy atom. The molecule has 12 heavy (non-hydrogen) atoms. The van der Waals surface area contributed by atoms with Crippen LogP contribution in [0.5, 0.6) is 0 Å². The molecule has 0 amide bonds. The van der Waals surface area contributed by atoms with Crippen LogP contribution in [0.4, 0.5) is 4.39 Å². The Hall–Kier alpha value is -0.110. The van der Waals surface area contributed by atoms with Crippen LogP contribution in [0.2, 0.25) is 0 Å². The van der Waals surface area contributed by atoms with Crippen molar-refractivity contribution in [3.63, 3.8) is 0 Å². The Balaban J connectivity index is 2.90. The van der Waals surface area contributed by atoms with Gasteiger partial charge in [0, 0.05) is 0 Å². The number of aliphatic hydroxyl groups is 1. The molecule has 1 N–H and O–H groups in total. The summed E-state index contributed by atoms with van der Waals surface area (Å²) in [6.45, 7) is 1.87. The Kier molecular flexibility index (Phi) is 8.90. The summed E-state index contributed by atoms with van der Waals surface area (Å²) < 4.78 is 12.5. The van der Waals surface area contributed by atoms with Gasteiger partial charge in [0.1, 0.15) is 6.17 Å². The Labute approximate surface area is 75.0 Å². The number of hydrogen-bond acceptors (Lipinski definition) is 1. The lowest BCUT2D eigenvalue weighted by Crippen LogP contribution is -2.04. The summed E-state index contributed by atoms with van der Waals surface area (Å²) in [6.07, 6.45) is 6.60. The first-order chi connectivity index (χ1) is 5.81. The van der Waals surface area contributed by atoms with Gasteiger partial charge in [0.15, 0.2) is 0 Å². The minimum atomic E-state index is -0.990. The molecule has 2 heteroatoms. The lowest BCUT2D eigenvalue weighted by Gasteiger charge is -2.03. The number of rotatable bonds is 8. The van der Waals surface area contributed by atoms with Crippen LogP contribution in [0.1, 0.15) is 51.9 Å². The Morgan fingerprint density at radius 1 is 1.08 bits per heavy atom. The van der Waals surface area contributed by atoms with Crippen molar-refractivity contribution in [3.8, 4) is 0 Å². The molecule has 0 aromatic heterocycles. The first kappa shape index (κ1) is 11.9. The molecule has 0 radical (unpaired) electrons. The fourth-order valence-corrected chi connectivity index (χ4v) is 1.24. The number of unbranched alkanes of at least 4 members (excludes halogenated alkanes) is 5. The van der Waals surface area contributed by atoms with E-state index in [0.29, 0.717) is 6.42 Å². The zero-order valence-corrected chi connectivity index (χ0v) is 8.06. The van der Waals surface area contributed by atoms with E-state index >= 15 is 0 Å². The van der Waals surface area contributed by atoms with Gasteiger partial charge in [0.25, 0.3) is 0 Å². The van der Waals surface area contributed by atoms with Gasteiger partial charge >= 0.3 is 0 Å². The summed E-state index contributed by atoms with van der Waals surface area (Å²) in [5.41, 5.74) is 0. The van der Waals surface area contributed by atoms with Gasteiger partial charge in [-0.15, -0.1) is 0 Å². The molecule has 0 bridgehead atoms. The van der Waals surface area contributed by atoms with Crippen molar-refractivity contribution in [1.29, 1.82) is 0 Å². The van der Waals surface area contributed by atoms with Crippen LogP contribution in [0, 0.1) is 0 Å². The van der Waals surface area contributed by atoms with Crippen molar-refractivity contribution >= 4 is 0 Å². The molecule has 0 rings (SSSR count). The molecule has 0 fully saturated rings. The fraction of sp³-hybridized carbons (Fsp3) is 1.00. The largest absolute Gasteiger partial charge is 0.393 e. The Morgan fingerprint density at radius 3 is 2.25 bits per heavy atom. The molecule has 0 aliphatic rings. The van der Waals surface area contributed by atoms with Crippen LogP contribution in [0.15, 0.2) is 0 Å². The summed E-state index contributed by atoms with van der Waals surface area (Å²) in [6, 6.07) is 0. The first-order valence-corrected chi connectivity index (χ1v) is 5.06. The monoisotopic (exact) mass is 176 g/mol. The molecule has 0 spiro atoms. The summed E-state index contributed by atoms with van der Waals surface area (Å²) in [7, 11) is 0. The molecular weight excluding hydrogens is 155 g/mol. The number of aliphatic hydroxyl groups excluding tert-OH is 1. The van der Waals surface area contributed by atoms with Crippen molar-refractivity contribution in [2.45, 2.75) is 58.0 Å². The maximum Gasteiger partial charge on any atom is 0.123 e. The number of alkyl halides is 1. The minimum absolute atomic E-state index is 0.311. The van der Waals surface area contributed by atoms with Crippen LogP contribution in [0.25, 0.3) is 0 Å². The van der Waals surface area contributed by atoms with E-state index in [1.165, 1.54) is 25.7 Å². The third-order valence-electron chi connectivity index (χ3n) is 2.07. The van der Waals surface area contributed by atoms with Gasteiger partial charge in [-0.25, -0.2) is 4.39 Å². The highest BCUT2D eigenvalue weighted by molar-refractivity contribution is 4.53. The maximum absolute atomic E-state index is 12.5.